The minimum Gasteiger partial charge on any atom is -0.309 e. The first-order valence-corrected chi connectivity index (χ1v) is 8.05. The van der Waals surface area contributed by atoms with Gasteiger partial charge in [0.25, 0.3) is 0 Å². The van der Waals surface area contributed by atoms with Crippen molar-refractivity contribution in [1.29, 1.82) is 0 Å². The molecule has 0 radical (unpaired) electrons. The first kappa shape index (κ1) is 16.8. The van der Waals surface area contributed by atoms with Gasteiger partial charge in [-0.2, -0.15) is 5.10 Å². The summed E-state index contributed by atoms with van der Waals surface area (Å²) in [5.74, 6) is 0.0894. The topological polar surface area (TPSA) is 70.7 Å². The van der Waals surface area contributed by atoms with Crippen LogP contribution in [0.5, 0.6) is 0 Å². The summed E-state index contributed by atoms with van der Waals surface area (Å²) in [4.78, 5) is 16.3. The zero-order valence-corrected chi connectivity index (χ0v) is 14.1. The first-order chi connectivity index (χ1) is 12.0. The predicted octanol–water partition coefficient (Wildman–Crippen LogP) is 4.05. The van der Waals surface area contributed by atoms with Crippen molar-refractivity contribution in [2.45, 2.75) is 26.2 Å². The van der Waals surface area contributed by atoms with Gasteiger partial charge in [0, 0.05) is 29.9 Å². The van der Waals surface area contributed by atoms with E-state index in [2.05, 4.69) is 20.5 Å². The zero-order chi connectivity index (χ0) is 17.8. The molecule has 2 heterocycles. The van der Waals surface area contributed by atoms with Crippen LogP contribution >= 0.6 is 0 Å². The molecule has 0 fully saturated rings. The standard InChI is InChI=1S/C19H19FN4O/c1-12(14-3-5-16(20)6-4-14)11-17(25)22-19-13(2)18(23-24-19)15-7-9-21-10-8-15/h3-10,12H,11H2,1-2H3,(H2,22,23,24,25). The van der Waals surface area contributed by atoms with Gasteiger partial charge in [0.1, 0.15) is 5.82 Å². The maximum absolute atomic E-state index is 13.0. The number of hydrogen-bond acceptors (Lipinski definition) is 3. The molecule has 0 aliphatic carbocycles. The second-order valence-corrected chi connectivity index (χ2v) is 6.01. The van der Waals surface area contributed by atoms with Gasteiger partial charge in [0.2, 0.25) is 5.91 Å². The molecule has 128 valence electrons. The number of nitrogens with zero attached hydrogens (tertiary/aromatic N) is 2. The number of halogens is 1. The zero-order valence-electron chi connectivity index (χ0n) is 14.1. The van der Waals surface area contributed by atoms with E-state index in [0.29, 0.717) is 12.2 Å². The molecule has 0 spiro atoms. The second kappa shape index (κ2) is 7.25. The molecule has 0 saturated heterocycles. The van der Waals surface area contributed by atoms with Crippen LogP contribution in [-0.2, 0) is 4.79 Å². The molecule has 3 rings (SSSR count). The number of carbonyl (C=O) groups excluding carboxylic acids is 1. The number of benzene rings is 1. The Bertz CT molecular complexity index is 859. The lowest BCUT2D eigenvalue weighted by Gasteiger charge is -2.11. The van der Waals surface area contributed by atoms with Crippen LogP contribution in [0.2, 0.25) is 0 Å². The van der Waals surface area contributed by atoms with Crippen molar-refractivity contribution in [2.24, 2.45) is 0 Å². The first-order valence-electron chi connectivity index (χ1n) is 8.05. The van der Waals surface area contributed by atoms with Gasteiger partial charge in [0.05, 0.1) is 5.69 Å². The molecule has 0 bridgehead atoms. The van der Waals surface area contributed by atoms with Gasteiger partial charge in [-0.1, -0.05) is 19.1 Å². The van der Waals surface area contributed by atoms with E-state index in [9.17, 15) is 9.18 Å². The van der Waals surface area contributed by atoms with E-state index in [0.717, 1.165) is 22.4 Å². The largest absolute Gasteiger partial charge is 0.309 e. The van der Waals surface area contributed by atoms with Gasteiger partial charge in [-0.05, 0) is 42.7 Å². The maximum atomic E-state index is 13.0. The van der Waals surface area contributed by atoms with Crippen molar-refractivity contribution >= 4 is 11.7 Å². The van der Waals surface area contributed by atoms with Gasteiger partial charge in [-0.3, -0.25) is 14.9 Å². The number of hydrogen-bond donors (Lipinski definition) is 2. The Morgan fingerprint density at radius 1 is 1.20 bits per heavy atom. The number of rotatable bonds is 5. The number of aromatic nitrogens is 3. The third-order valence-electron chi connectivity index (χ3n) is 4.17. The van der Waals surface area contributed by atoms with Crippen molar-refractivity contribution in [1.82, 2.24) is 15.2 Å². The monoisotopic (exact) mass is 338 g/mol. The molecule has 1 aromatic carbocycles. The van der Waals surface area contributed by atoms with E-state index >= 15 is 0 Å². The van der Waals surface area contributed by atoms with Crippen LogP contribution in [0.3, 0.4) is 0 Å². The Morgan fingerprint density at radius 2 is 1.88 bits per heavy atom. The van der Waals surface area contributed by atoms with E-state index in [-0.39, 0.29) is 17.6 Å². The number of aromatic amines is 1. The summed E-state index contributed by atoms with van der Waals surface area (Å²) < 4.78 is 13.0. The maximum Gasteiger partial charge on any atom is 0.226 e. The fourth-order valence-electron chi connectivity index (χ4n) is 2.69. The number of pyridine rings is 1. The van der Waals surface area contributed by atoms with Crippen molar-refractivity contribution in [2.75, 3.05) is 5.32 Å². The smallest absolute Gasteiger partial charge is 0.226 e. The summed E-state index contributed by atoms with van der Waals surface area (Å²) >= 11 is 0. The van der Waals surface area contributed by atoms with Crippen LogP contribution in [0.15, 0.2) is 48.8 Å². The van der Waals surface area contributed by atoms with Crippen molar-refractivity contribution in [3.63, 3.8) is 0 Å². The molecule has 1 amide bonds. The summed E-state index contributed by atoms with van der Waals surface area (Å²) in [6.45, 7) is 3.84. The fourth-order valence-corrected chi connectivity index (χ4v) is 2.69. The number of H-pyrrole nitrogens is 1. The summed E-state index contributed by atoms with van der Waals surface area (Å²) in [6, 6.07) is 9.97. The van der Waals surface area contributed by atoms with E-state index < -0.39 is 0 Å². The van der Waals surface area contributed by atoms with E-state index in [1.54, 1.807) is 24.5 Å². The van der Waals surface area contributed by atoms with Crippen LogP contribution in [0.4, 0.5) is 10.2 Å². The Labute approximate surface area is 145 Å². The third-order valence-corrected chi connectivity index (χ3v) is 4.17. The average molecular weight is 338 g/mol. The van der Waals surface area contributed by atoms with E-state index in [1.165, 1.54) is 12.1 Å². The minimum absolute atomic E-state index is 0.0143. The highest BCUT2D eigenvalue weighted by Crippen LogP contribution is 2.26. The Morgan fingerprint density at radius 3 is 2.56 bits per heavy atom. The molecule has 1 unspecified atom stereocenters. The molecule has 6 heteroatoms. The van der Waals surface area contributed by atoms with Crippen LogP contribution in [0.1, 0.15) is 30.4 Å². The van der Waals surface area contributed by atoms with Gasteiger partial charge in [0.15, 0.2) is 5.82 Å². The predicted molar refractivity (Wildman–Crippen MR) is 94.6 cm³/mol. The number of carbonyl (C=O) groups is 1. The molecule has 2 N–H and O–H groups in total. The molecule has 25 heavy (non-hydrogen) atoms. The number of anilines is 1. The van der Waals surface area contributed by atoms with Crippen LogP contribution in [-0.4, -0.2) is 21.1 Å². The average Bonchev–Trinajstić information content (AvgIpc) is 2.96. The lowest BCUT2D eigenvalue weighted by molar-refractivity contribution is -0.116. The van der Waals surface area contributed by atoms with Gasteiger partial charge >= 0.3 is 0 Å². The quantitative estimate of drug-likeness (QED) is 0.737. The molecular formula is C19H19FN4O. The molecule has 1 atom stereocenters. The lowest BCUT2D eigenvalue weighted by Crippen LogP contribution is -2.15. The molecular weight excluding hydrogens is 319 g/mol. The summed E-state index contributed by atoms with van der Waals surface area (Å²) in [7, 11) is 0. The molecule has 3 aromatic rings. The fraction of sp³-hybridized carbons (Fsp3) is 0.211. The van der Waals surface area contributed by atoms with Crippen LogP contribution in [0, 0.1) is 12.7 Å². The highest BCUT2D eigenvalue weighted by Gasteiger charge is 2.16. The molecule has 0 saturated carbocycles. The molecule has 2 aromatic heterocycles. The van der Waals surface area contributed by atoms with Gasteiger partial charge in [-0.15, -0.1) is 0 Å². The van der Waals surface area contributed by atoms with Gasteiger partial charge < -0.3 is 5.32 Å². The number of amides is 1. The van der Waals surface area contributed by atoms with Crippen LogP contribution in [0.25, 0.3) is 11.3 Å². The third kappa shape index (κ3) is 3.91. The van der Waals surface area contributed by atoms with Crippen molar-refractivity contribution in [3.05, 3.63) is 65.7 Å². The summed E-state index contributed by atoms with van der Waals surface area (Å²) in [5.41, 5.74) is 3.60. The molecule has 5 nitrogen and oxygen atoms in total. The summed E-state index contributed by atoms with van der Waals surface area (Å²) in [5, 5.41) is 9.99. The van der Waals surface area contributed by atoms with E-state index in [1.807, 2.05) is 26.0 Å². The van der Waals surface area contributed by atoms with Gasteiger partial charge in [-0.25, -0.2) is 4.39 Å². The highest BCUT2D eigenvalue weighted by molar-refractivity contribution is 5.92. The molecule has 0 aliphatic heterocycles. The van der Waals surface area contributed by atoms with E-state index in [4.69, 9.17) is 0 Å². The minimum atomic E-state index is -0.281. The Hall–Kier alpha value is -3.02. The SMILES string of the molecule is Cc1c(NC(=O)CC(C)c2ccc(F)cc2)n[nH]c1-c1ccncc1. The Kier molecular flexibility index (Phi) is 4.88. The highest BCUT2D eigenvalue weighted by atomic mass is 19.1. The van der Waals surface area contributed by atoms with Crippen molar-refractivity contribution in [3.8, 4) is 11.3 Å². The lowest BCUT2D eigenvalue weighted by atomic mass is 9.97. The molecule has 0 aliphatic rings. The number of nitrogens with one attached hydrogen (secondary N) is 2. The second-order valence-electron chi connectivity index (χ2n) is 6.01. The van der Waals surface area contributed by atoms with Crippen LogP contribution < -0.4 is 5.32 Å². The normalized spacial score (nSPS) is 12.0. The summed E-state index contributed by atoms with van der Waals surface area (Å²) in [6.07, 6.45) is 3.71. The van der Waals surface area contributed by atoms with Crippen molar-refractivity contribution < 1.29 is 9.18 Å². The Balaban J connectivity index is 1.67.